The molecule has 98 valence electrons. The van der Waals surface area contributed by atoms with Crippen LogP contribution in [0.2, 0.25) is 0 Å². The lowest BCUT2D eigenvalue weighted by Crippen LogP contribution is -2.36. The van der Waals surface area contributed by atoms with Crippen molar-refractivity contribution in [3.8, 4) is 0 Å². The Balaban J connectivity index is 2.15. The van der Waals surface area contributed by atoms with Crippen LogP contribution in [0.5, 0.6) is 0 Å². The van der Waals surface area contributed by atoms with Crippen molar-refractivity contribution in [3.05, 3.63) is 35.9 Å². The van der Waals surface area contributed by atoms with E-state index in [1.807, 2.05) is 6.07 Å². The molecule has 18 heavy (non-hydrogen) atoms. The molecule has 1 aliphatic rings. The summed E-state index contributed by atoms with van der Waals surface area (Å²) < 4.78 is 10.2. The number of esters is 1. The first-order valence-corrected chi connectivity index (χ1v) is 5.88. The average Bonchev–Trinajstić information content (AvgIpc) is 2.68. The fraction of sp³-hybridized carbons (Fsp3) is 0.462. The Hall–Kier alpha value is -1.43. The predicted octanol–water partition coefficient (Wildman–Crippen LogP) is 0.411. The van der Waals surface area contributed by atoms with Gasteiger partial charge in [0.1, 0.15) is 18.3 Å². The molecule has 4 atom stereocenters. The van der Waals surface area contributed by atoms with Gasteiger partial charge >= 0.3 is 5.97 Å². The Morgan fingerprint density at radius 2 is 1.94 bits per heavy atom. The third kappa shape index (κ3) is 2.38. The highest BCUT2D eigenvalue weighted by atomic mass is 16.6. The summed E-state index contributed by atoms with van der Waals surface area (Å²) in [7, 11) is 0. The van der Waals surface area contributed by atoms with Crippen LogP contribution in [-0.2, 0) is 14.3 Å². The van der Waals surface area contributed by atoms with Gasteiger partial charge in [-0.25, -0.2) is 4.79 Å². The van der Waals surface area contributed by atoms with E-state index >= 15 is 0 Å². The van der Waals surface area contributed by atoms with Crippen LogP contribution < -0.4 is 0 Å². The van der Waals surface area contributed by atoms with Crippen LogP contribution in [0.1, 0.15) is 18.6 Å². The van der Waals surface area contributed by atoms with Crippen molar-refractivity contribution in [2.45, 2.75) is 31.3 Å². The summed E-state index contributed by atoms with van der Waals surface area (Å²) in [4.78, 5) is 11.6. The minimum atomic E-state index is -1.27. The lowest BCUT2D eigenvalue weighted by Gasteiger charge is -2.14. The molecule has 1 saturated heterocycles. The third-order valence-corrected chi connectivity index (χ3v) is 2.91. The molecule has 1 aliphatic heterocycles. The van der Waals surface area contributed by atoms with E-state index in [-0.39, 0.29) is 6.61 Å². The highest BCUT2D eigenvalue weighted by Crippen LogP contribution is 2.33. The highest BCUT2D eigenvalue weighted by Gasteiger charge is 2.47. The summed E-state index contributed by atoms with van der Waals surface area (Å²) in [5.41, 5.74) is 0.718. The predicted molar refractivity (Wildman–Crippen MR) is 62.7 cm³/mol. The summed E-state index contributed by atoms with van der Waals surface area (Å²) in [5, 5.41) is 19.7. The number of rotatable bonds is 3. The zero-order valence-electron chi connectivity index (χ0n) is 10.0. The van der Waals surface area contributed by atoms with Gasteiger partial charge < -0.3 is 19.7 Å². The maximum atomic E-state index is 11.6. The van der Waals surface area contributed by atoms with Crippen LogP contribution in [0.15, 0.2) is 30.3 Å². The van der Waals surface area contributed by atoms with Gasteiger partial charge in [-0.15, -0.1) is 0 Å². The molecule has 0 saturated carbocycles. The van der Waals surface area contributed by atoms with Crippen molar-refractivity contribution in [1.82, 2.24) is 0 Å². The number of hydrogen-bond donors (Lipinski definition) is 2. The van der Waals surface area contributed by atoms with Gasteiger partial charge in [-0.2, -0.15) is 0 Å². The molecule has 0 aromatic heterocycles. The molecule has 2 rings (SSSR count). The first kappa shape index (κ1) is 13.0. The van der Waals surface area contributed by atoms with E-state index in [0.29, 0.717) is 0 Å². The van der Waals surface area contributed by atoms with Gasteiger partial charge in [0, 0.05) is 0 Å². The fourth-order valence-electron chi connectivity index (χ4n) is 2.01. The van der Waals surface area contributed by atoms with Crippen molar-refractivity contribution >= 4 is 5.97 Å². The van der Waals surface area contributed by atoms with Gasteiger partial charge in [-0.1, -0.05) is 30.3 Å². The minimum Gasteiger partial charge on any atom is -0.464 e. The zero-order valence-corrected chi connectivity index (χ0v) is 10.0. The Morgan fingerprint density at radius 1 is 1.28 bits per heavy atom. The second-order valence-electron chi connectivity index (χ2n) is 4.12. The topological polar surface area (TPSA) is 76.0 Å². The minimum absolute atomic E-state index is 0.206. The third-order valence-electron chi connectivity index (χ3n) is 2.91. The van der Waals surface area contributed by atoms with Crippen LogP contribution in [0.4, 0.5) is 0 Å². The van der Waals surface area contributed by atoms with Crippen molar-refractivity contribution < 1.29 is 24.5 Å². The summed E-state index contributed by atoms with van der Waals surface area (Å²) in [6, 6.07) is 8.98. The molecule has 2 N–H and O–H groups in total. The van der Waals surface area contributed by atoms with E-state index in [2.05, 4.69) is 0 Å². The van der Waals surface area contributed by atoms with Crippen molar-refractivity contribution in [1.29, 1.82) is 0 Å². The molecule has 5 heteroatoms. The van der Waals surface area contributed by atoms with Crippen molar-refractivity contribution in [2.24, 2.45) is 0 Å². The van der Waals surface area contributed by atoms with Gasteiger partial charge in [-0.05, 0) is 12.5 Å². The molecule has 1 heterocycles. The smallest absolute Gasteiger partial charge is 0.338 e. The highest BCUT2D eigenvalue weighted by molar-refractivity contribution is 5.76. The lowest BCUT2D eigenvalue weighted by molar-refractivity contribution is -0.159. The molecule has 0 aliphatic carbocycles. The second kappa shape index (κ2) is 5.48. The van der Waals surface area contributed by atoms with Crippen LogP contribution in [-0.4, -0.2) is 41.1 Å². The van der Waals surface area contributed by atoms with Gasteiger partial charge in [0.25, 0.3) is 0 Å². The number of ether oxygens (including phenoxy) is 2. The molecule has 1 fully saturated rings. The zero-order chi connectivity index (χ0) is 13.1. The number of aliphatic hydroxyl groups is 2. The van der Waals surface area contributed by atoms with Crippen molar-refractivity contribution in [3.63, 3.8) is 0 Å². The van der Waals surface area contributed by atoms with Gasteiger partial charge in [0.2, 0.25) is 0 Å². The summed E-state index contributed by atoms with van der Waals surface area (Å²) in [6.07, 6.45) is -4.25. The number of benzene rings is 1. The molecule has 0 bridgehead atoms. The maximum Gasteiger partial charge on any atom is 0.338 e. The van der Waals surface area contributed by atoms with Gasteiger partial charge in [0.05, 0.1) is 6.61 Å². The van der Waals surface area contributed by atoms with E-state index in [9.17, 15) is 15.0 Å². The standard InChI is InChI=1S/C13H16O5/c1-2-17-13(16)12-10(15)9(14)11(18-12)8-6-4-3-5-7-8/h3-7,9-12,14-15H,2H2,1H3/t9-,10+,11+,12-/m1/s1. The summed E-state index contributed by atoms with van der Waals surface area (Å²) in [5.74, 6) is -0.650. The van der Waals surface area contributed by atoms with Crippen molar-refractivity contribution in [2.75, 3.05) is 6.61 Å². The normalized spacial score (nSPS) is 31.3. The molecule has 1 aromatic rings. The molecular formula is C13H16O5. The maximum absolute atomic E-state index is 11.6. The molecule has 0 spiro atoms. The Kier molecular flexibility index (Phi) is 3.96. The number of aliphatic hydroxyl groups excluding tert-OH is 2. The van der Waals surface area contributed by atoms with E-state index in [4.69, 9.17) is 9.47 Å². The molecule has 0 amide bonds. The van der Waals surface area contributed by atoms with E-state index in [0.717, 1.165) is 5.56 Å². The van der Waals surface area contributed by atoms with Gasteiger partial charge in [-0.3, -0.25) is 0 Å². The number of carbonyl (C=O) groups is 1. The van der Waals surface area contributed by atoms with E-state index in [1.54, 1.807) is 31.2 Å². The molecule has 0 unspecified atom stereocenters. The molecule has 0 radical (unpaired) electrons. The van der Waals surface area contributed by atoms with Gasteiger partial charge in [0.15, 0.2) is 6.10 Å². The molecular weight excluding hydrogens is 236 g/mol. The Labute approximate surface area is 105 Å². The molecule has 1 aromatic carbocycles. The Morgan fingerprint density at radius 3 is 2.56 bits per heavy atom. The van der Waals surface area contributed by atoms with Crippen LogP contribution in [0, 0.1) is 0 Å². The SMILES string of the molecule is CCOC(=O)[C@@H]1O[C@@H](c2ccccc2)[C@H](O)[C@@H]1O. The number of hydrogen-bond acceptors (Lipinski definition) is 5. The Bertz CT molecular complexity index is 405. The second-order valence-corrected chi connectivity index (χ2v) is 4.12. The quantitative estimate of drug-likeness (QED) is 0.762. The first-order valence-electron chi connectivity index (χ1n) is 5.88. The molecule has 5 nitrogen and oxygen atoms in total. The van der Waals surface area contributed by atoms with E-state index in [1.165, 1.54) is 0 Å². The lowest BCUT2D eigenvalue weighted by atomic mass is 10.0. The number of carbonyl (C=O) groups excluding carboxylic acids is 1. The monoisotopic (exact) mass is 252 g/mol. The van der Waals surface area contributed by atoms with Crippen LogP contribution in [0.3, 0.4) is 0 Å². The van der Waals surface area contributed by atoms with E-state index < -0.39 is 30.4 Å². The fourth-order valence-corrected chi connectivity index (χ4v) is 2.01. The van der Waals surface area contributed by atoms with Crippen LogP contribution >= 0.6 is 0 Å². The first-order chi connectivity index (χ1) is 8.65. The summed E-state index contributed by atoms with van der Waals surface area (Å²) >= 11 is 0. The van der Waals surface area contributed by atoms with Crippen LogP contribution in [0.25, 0.3) is 0 Å². The average molecular weight is 252 g/mol. The largest absolute Gasteiger partial charge is 0.464 e. The summed E-state index contributed by atoms with van der Waals surface area (Å²) in [6.45, 7) is 1.88.